The molecule has 0 aliphatic rings. The van der Waals surface area contributed by atoms with E-state index < -0.39 is 0 Å². The van der Waals surface area contributed by atoms with Gasteiger partial charge < -0.3 is 10.2 Å². The van der Waals surface area contributed by atoms with E-state index in [2.05, 4.69) is 47.7 Å². The monoisotopic (exact) mass is 430 g/mol. The molecule has 0 aliphatic heterocycles. The Labute approximate surface area is 155 Å². The molecular formula is C21H19IO2. The highest BCUT2D eigenvalue weighted by Gasteiger charge is 2.30. The molecule has 3 rings (SSSR count). The Morgan fingerprint density at radius 3 is 1.67 bits per heavy atom. The summed E-state index contributed by atoms with van der Waals surface area (Å²) >= 11 is 2.37. The highest BCUT2D eigenvalue weighted by molar-refractivity contribution is 14.1. The molecule has 0 aliphatic carbocycles. The van der Waals surface area contributed by atoms with Gasteiger partial charge in [0.1, 0.15) is 11.5 Å². The van der Waals surface area contributed by atoms with Gasteiger partial charge in [0.05, 0.1) is 0 Å². The standard InChI is InChI=1S/C21H19IO2/c1-21(16-6-10-18(23)11-7-16,17-8-12-19(24)13-9-17)14-15-4-2-3-5-20(15)22/h2-13,23-24H,14H2,1H3. The first-order valence-corrected chi connectivity index (χ1v) is 8.89. The average Bonchev–Trinajstić information content (AvgIpc) is 2.58. The fourth-order valence-corrected chi connectivity index (χ4v) is 3.63. The molecule has 3 heteroatoms. The molecule has 0 bridgehead atoms. The van der Waals surface area contributed by atoms with Gasteiger partial charge in [0.15, 0.2) is 0 Å². The molecular weight excluding hydrogens is 411 g/mol. The molecule has 122 valence electrons. The second kappa shape index (κ2) is 6.85. The van der Waals surface area contributed by atoms with Crippen molar-refractivity contribution in [2.75, 3.05) is 0 Å². The molecule has 0 aromatic heterocycles. The zero-order valence-corrected chi connectivity index (χ0v) is 15.6. The SMILES string of the molecule is CC(Cc1ccccc1I)(c1ccc(O)cc1)c1ccc(O)cc1. The third-order valence-electron chi connectivity index (χ3n) is 4.51. The van der Waals surface area contributed by atoms with Crippen LogP contribution in [0.2, 0.25) is 0 Å². The summed E-state index contributed by atoms with van der Waals surface area (Å²) in [6.45, 7) is 2.20. The van der Waals surface area contributed by atoms with Crippen molar-refractivity contribution in [3.63, 3.8) is 0 Å². The van der Waals surface area contributed by atoms with Gasteiger partial charge in [-0.1, -0.05) is 49.4 Å². The van der Waals surface area contributed by atoms with E-state index in [0.717, 1.165) is 17.5 Å². The van der Waals surface area contributed by atoms with Crippen molar-refractivity contribution in [3.05, 3.63) is 93.1 Å². The molecule has 0 radical (unpaired) electrons. The second-order valence-corrected chi connectivity index (χ2v) is 7.36. The molecule has 3 aromatic rings. The van der Waals surface area contributed by atoms with Gasteiger partial charge in [-0.25, -0.2) is 0 Å². The van der Waals surface area contributed by atoms with Crippen LogP contribution in [0.4, 0.5) is 0 Å². The van der Waals surface area contributed by atoms with Crippen LogP contribution >= 0.6 is 22.6 Å². The number of hydrogen-bond donors (Lipinski definition) is 2. The first kappa shape index (κ1) is 16.8. The Hall–Kier alpha value is -2.01. The van der Waals surface area contributed by atoms with Gasteiger partial charge in [-0.3, -0.25) is 0 Å². The number of rotatable bonds is 4. The topological polar surface area (TPSA) is 40.5 Å². The van der Waals surface area contributed by atoms with Crippen LogP contribution in [0.25, 0.3) is 0 Å². The molecule has 2 nitrogen and oxygen atoms in total. The van der Waals surface area contributed by atoms with Gasteiger partial charge in [-0.15, -0.1) is 0 Å². The van der Waals surface area contributed by atoms with Crippen molar-refractivity contribution in [2.24, 2.45) is 0 Å². The number of benzene rings is 3. The number of phenolic OH excluding ortho intramolecular Hbond substituents is 2. The van der Waals surface area contributed by atoms with Crippen molar-refractivity contribution >= 4 is 22.6 Å². The molecule has 0 spiro atoms. The quantitative estimate of drug-likeness (QED) is 0.555. The molecule has 24 heavy (non-hydrogen) atoms. The molecule has 0 unspecified atom stereocenters. The van der Waals surface area contributed by atoms with Gasteiger partial charge in [0.25, 0.3) is 0 Å². The van der Waals surface area contributed by atoms with Gasteiger partial charge >= 0.3 is 0 Å². The fourth-order valence-electron chi connectivity index (χ4n) is 3.05. The van der Waals surface area contributed by atoms with Crippen LogP contribution in [-0.4, -0.2) is 10.2 Å². The summed E-state index contributed by atoms with van der Waals surface area (Å²) in [7, 11) is 0. The van der Waals surface area contributed by atoms with Crippen molar-refractivity contribution in [1.29, 1.82) is 0 Å². The maximum atomic E-state index is 9.63. The predicted octanol–water partition coefficient (Wildman–Crippen LogP) is 5.25. The summed E-state index contributed by atoms with van der Waals surface area (Å²) < 4.78 is 1.24. The molecule has 0 saturated carbocycles. The van der Waals surface area contributed by atoms with E-state index in [4.69, 9.17) is 0 Å². The van der Waals surface area contributed by atoms with Crippen LogP contribution in [0, 0.1) is 3.57 Å². The fraction of sp³-hybridized carbons (Fsp3) is 0.143. The van der Waals surface area contributed by atoms with Crippen molar-refractivity contribution in [2.45, 2.75) is 18.8 Å². The van der Waals surface area contributed by atoms with E-state index in [1.54, 1.807) is 24.3 Å². The lowest BCUT2D eigenvalue weighted by atomic mass is 9.72. The van der Waals surface area contributed by atoms with Crippen LogP contribution in [-0.2, 0) is 11.8 Å². The lowest BCUT2D eigenvalue weighted by Crippen LogP contribution is -2.27. The Kier molecular flexibility index (Phi) is 4.81. The Morgan fingerprint density at radius 2 is 1.21 bits per heavy atom. The van der Waals surface area contributed by atoms with E-state index in [1.165, 1.54) is 9.13 Å². The summed E-state index contributed by atoms with van der Waals surface area (Å²) in [5, 5.41) is 19.3. The van der Waals surface area contributed by atoms with Gasteiger partial charge in [0, 0.05) is 8.99 Å². The minimum atomic E-state index is -0.261. The summed E-state index contributed by atoms with van der Waals surface area (Å²) in [6.07, 6.45) is 0.835. The number of phenols is 2. The Balaban J connectivity index is 2.11. The van der Waals surface area contributed by atoms with Crippen LogP contribution in [0.1, 0.15) is 23.6 Å². The molecule has 0 fully saturated rings. The van der Waals surface area contributed by atoms with Crippen LogP contribution in [0.3, 0.4) is 0 Å². The maximum absolute atomic E-state index is 9.63. The second-order valence-electron chi connectivity index (χ2n) is 6.19. The van der Waals surface area contributed by atoms with E-state index in [-0.39, 0.29) is 16.9 Å². The number of aromatic hydroxyl groups is 2. The molecule has 2 N–H and O–H groups in total. The van der Waals surface area contributed by atoms with Crippen molar-refractivity contribution in [3.8, 4) is 11.5 Å². The third kappa shape index (κ3) is 3.41. The first-order valence-electron chi connectivity index (χ1n) is 7.81. The lowest BCUT2D eigenvalue weighted by Gasteiger charge is -2.32. The van der Waals surface area contributed by atoms with E-state index in [1.807, 2.05) is 30.3 Å². The highest BCUT2D eigenvalue weighted by Crippen LogP contribution is 2.37. The largest absolute Gasteiger partial charge is 0.508 e. The van der Waals surface area contributed by atoms with Crippen molar-refractivity contribution < 1.29 is 10.2 Å². The van der Waals surface area contributed by atoms with Gasteiger partial charge in [-0.05, 0) is 76.0 Å². The Bertz CT molecular complexity index is 778. The maximum Gasteiger partial charge on any atom is 0.115 e. The van der Waals surface area contributed by atoms with Gasteiger partial charge in [0.2, 0.25) is 0 Å². The Morgan fingerprint density at radius 1 is 0.750 bits per heavy atom. The van der Waals surface area contributed by atoms with Crippen molar-refractivity contribution in [1.82, 2.24) is 0 Å². The average molecular weight is 430 g/mol. The van der Waals surface area contributed by atoms with E-state index in [0.29, 0.717) is 0 Å². The minimum Gasteiger partial charge on any atom is -0.508 e. The van der Waals surface area contributed by atoms with Crippen LogP contribution in [0.15, 0.2) is 72.8 Å². The van der Waals surface area contributed by atoms with Crippen LogP contribution < -0.4 is 0 Å². The third-order valence-corrected chi connectivity index (χ3v) is 5.56. The summed E-state index contributed by atoms with van der Waals surface area (Å²) in [4.78, 5) is 0. The number of halogens is 1. The molecule has 0 atom stereocenters. The normalized spacial score (nSPS) is 11.4. The van der Waals surface area contributed by atoms with Gasteiger partial charge in [-0.2, -0.15) is 0 Å². The minimum absolute atomic E-state index is 0.261. The first-order chi connectivity index (χ1) is 11.5. The lowest BCUT2D eigenvalue weighted by molar-refractivity contribution is 0.473. The zero-order valence-electron chi connectivity index (χ0n) is 13.4. The predicted molar refractivity (Wildman–Crippen MR) is 106 cm³/mol. The summed E-state index contributed by atoms with van der Waals surface area (Å²) in [6, 6.07) is 23.2. The zero-order chi connectivity index (χ0) is 17.2. The van der Waals surface area contributed by atoms with Crippen LogP contribution in [0.5, 0.6) is 11.5 Å². The van der Waals surface area contributed by atoms with E-state index in [9.17, 15) is 10.2 Å². The molecule has 3 aromatic carbocycles. The smallest absolute Gasteiger partial charge is 0.115 e. The highest BCUT2D eigenvalue weighted by atomic mass is 127. The molecule has 0 heterocycles. The van der Waals surface area contributed by atoms with E-state index >= 15 is 0 Å². The number of hydrogen-bond acceptors (Lipinski definition) is 2. The molecule has 0 saturated heterocycles. The summed E-state index contributed by atoms with van der Waals surface area (Å²) in [5.41, 5.74) is 3.28. The molecule has 0 amide bonds. The summed E-state index contributed by atoms with van der Waals surface area (Å²) in [5.74, 6) is 0.530.